The van der Waals surface area contributed by atoms with Gasteiger partial charge in [0.2, 0.25) is 17.6 Å². The van der Waals surface area contributed by atoms with Crippen molar-refractivity contribution in [3.63, 3.8) is 0 Å². The van der Waals surface area contributed by atoms with E-state index in [0.717, 1.165) is 10.5 Å². The molecule has 1 atom stereocenters. The molecule has 0 saturated heterocycles. The highest BCUT2D eigenvalue weighted by atomic mass is 32.2. The van der Waals surface area contributed by atoms with Crippen LogP contribution in [-0.2, 0) is 9.59 Å². The maximum atomic E-state index is 12.9. The Bertz CT molecular complexity index is 877. The highest BCUT2D eigenvalue weighted by Crippen LogP contribution is 2.48. The van der Waals surface area contributed by atoms with E-state index in [1.54, 1.807) is 33.1 Å². The van der Waals surface area contributed by atoms with Crippen LogP contribution in [0.3, 0.4) is 0 Å². The van der Waals surface area contributed by atoms with E-state index >= 15 is 0 Å². The Labute approximate surface area is 167 Å². The van der Waals surface area contributed by atoms with Crippen molar-refractivity contribution < 1.29 is 23.8 Å². The van der Waals surface area contributed by atoms with Crippen molar-refractivity contribution >= 4 is 29.3 Å². The number of hydrogen-bond acceptors (Lipinski definition) is 6. The first-order valence-electron chi connectivity index (χ1n) is 8.62. The van der Waals surface area contributed by atoms with E-state index in [1.165, 1.54) is 4.90 Å². The summed E-state index contributed by atoms with van der Waals surface area (Å²) in [6, 6.07) is 11.2. The lowest BCUT2D eigenvalue weighted by molar-refractivity contribution is -0.122. The molecule has 0 unspecified atom stereocenters. The van der Waals surface area contributed by atoms with Gasteiger partial charge in [0.1, 0.15) is 6.54 Å². The molecule has 8 heteroatoms. The van der Waals surface area contributed by atoms with Crippen LogP contribution in [0.15, 0.2) is 41.3 Å². The number of thioether (sulfide) groups is 1. The Balaban J connectivity index is 2.05. The average Bonchev–Trinajstić information content (AvgIpc) is 2.83. The Morgan fingerprint density at radius 1 is 1.14 bits per heavy atom. The predicted octanol–water partition coefficient (Wildman–Crippen LogP) is 2.77. The van der Waals surface area contributed by atoms with Gasteiger partial charge in [-0.2, -0.15) is 0 Å². The number of anilines is 1. The number of fused-ring (bicyclic) bond motifs is 1. The first-order valence-corrected chi connectivity index (χ1v) is 9.50. The molecule has 0 aliphatic carbocycles. The molecular weight excluding hydrogens is 380 g/mol. The second kappa shape index (κ2) is 8.43. The van der Waals surface area contributed by atoms with Crippen molar-refractivity contribution in [2.45, 2.75) is 16.6 Å². The van der Waals surface area contributed by atoms with Crippen molar-refractivity contribution in [3.05, 3.63) is 42.0 Å². The normalized spacial score (nSPS) is 16.2. The molecule has 0 bridgehead atoms. The molecule has 1 aliphatic rings. The average molecular weight is 402 g/mol. The standard InChI is InChI=1S/C20H22N2O5S/c1-25-14-8-12(9-15(26-2)20(14)27-3)17-10-19(24)22(11-18(21)23)13-6-4-5-7-16(13)28-17/h4-9,17H,10-11H2,1-3H3,(H2,21,23)/t17-/m0/s1. The Morgan fingerprint density at radius 3 is 2.36 bits per heavy atom. The van der Waals surface area contributed by atoms with Crippen molar-refractivity contribution in [1.82, 2.24) is 0 Å². The van der Waals surface area contributed by atoms with Crippen LogP contribution in [0.25, 0.3) is 0 Å². The number of para-hydroxylation sites is 1. The fourth-order valence-corrected chi connectivity index (χ4v) is 4.44. The molecule has 2 N–H and O–H groups in total. The van der Waals surface area contributed by atoms with Gasteiger partial charge in [-0.3, -0.25) is 9.59 Å². The molecule has 28 heavy (non-hydrogen) atoms. The summed E-state index contributed by atoms with van der Waals surface area (Å²) < 4.78 is 16.3. The molecule has 0 spiro atoms. The van der Waals surface area contributed by atoms with E-state index in [4.69, 9.17) is 19.9 Å². The molecule has 0 fully saturated rings. The smallest absolute Gasteiger partial charge is 0.237 e. The number of nitrogens with zero attached hydrogens (tertiary/aromatic N) is 1. The SMILES string of the molecule is COc1cc([C@@H]2CC(=O)N(CC(N)=O)c3ccccc3S2)cc(OC)c1OC. The van der Waals surface area contributed by atoms with Gasteiger partial charge in [-0.25, -0.2) is 0 Å². The third-order valence-corrected chi connectivity index (χ3v) is 5.78. The molecule has 2 aromatic rings. The summed E-state index contributed by atoms with van der Waals surface area (Å²) in [6.45, 7) is -0.154. The first kappa shape index (κ1) is 19.9. The van der Waals surface area contributed by atoms with E-state index in [-0.39, 0.29) is 24.1 Å². The van der Waals surface area contributed by atoms with Crippen molar-refractivity contribution in [1.29, 1.82) is 0 Å². The maximum absolute atomic E-state index is 12.9. The monoisotopic (exact) mass is 402 g/mol. The minimum Gasteiger partial charge on any atom is -0.493 e. The van der Waals surface area contributed by atoms with Crippen LogP contribution in [0, 0.1) is 0 Å². The second-order valence-electron chi connectivity index (χ2n) is 6.18. The summed E-state index contributed by atoms with van der Waals surface area (Å²) in [5, 5.41) is -0.194. The third kappa shape index (κ3) is 3.87. The largest absolute Gasteiger partial charge is 0.493 e. The number of carbonyl (C=O) groups excluding carboxylic acids is 2. The van der Waals surface area contributed by atoms with Crippen molar-refractivity contribution in [3.8, 4) is 17.2 Å². The zero-order valence-electron chi connectivity index (χ0n) is 15.9. The Kier molecular flexibility index (Phi) is 5.99. The van der Waals surface area contributed by atoms with E-state index in [2.05, 4.69) is 0 Å². The van der Waals surface area contributed by atoms with Crippen LogP contribution < -0.4 is 24.8 Å². The highest BCUT2D eigenvalue weighted by Gasteiger charge is 2.31. The van der Waals surface area contributed by atoms with Gasteiger partial charge < -0.3 is 24.8 Å². The van der Waals surface area contributed by atoms with Gasteiger partial charge in [-0.05, 0) is 29.8 Å². The molecule has 7 nitrogen and oxygen atoms in total. The van der Waals surface area contributed by atoms with Crippen LogP contribution in [0.2, 0.25) is 0 Å². The maximum Gasteiger partial charge on any atom is 0.237 e. The number of carbonyl (C=O) groups is 2. The van der Waals surface area contributed by atoms with Gasteiger partial charge in [0.25, 0.3) is 0 Å². The molecule has 0 radical (unpaired) electrons. The molecule has 0 saturated carbocycles. The lowest BCUT2D eigenvalue weighted by Gasteiger charge is -2.21. The van der Waals surface area contributed by atoms with Gasteiger partial charge in [0, 0.05) is 16.6 Å². The molecule has 1 heterocycles. The number of hydrogen-bond donors (Lipinski definition) is 1. The quantitative estimate of drug-likeness (QED) is 0.799. The fourth-order valence-electron chi connectivity index (χ4n) is 3.18. The van der Waals surface area contributed by atoms with E-state index in [0.29, 0.717) is 22.9 Å². The van der Waals surface area contributed by atoms with Crippen LogP contribution in [0.4, 0.5) is 5.69 Å². The number of methoxy groups -OCH3 is 3. The molecule has 148 valence electrons. The van der Waals surface area contributed by atoms with Crippen molar-refractivity contribution in [2.24, 2.45) is 5.73 Å². The molecule has 2 aromatic carbocycles. The molecule has 1 aliphatic heterocycles. The highest BCUT2D eigenvalue weighted by molar-refractivity contribution is 7.99. The Morgan fingerprint density at radius 2 is 1.79 bits per heavy atom. The lowest BCUT2D eigenvalue weighted by Crippen LogP contribution is -2.38. The summed E-state index contributed by atoms with van der Waals surface area (Å²) in [5.41, 5.74) is 6.91. The third-order valence-electron chi connectivity index (χ3n) is 4.46. The number of rotatable bonds is 6. The minimum absolute atomic E-state index is 0.154. The molecular formula is C20H22N2O5S. The molecule has 0 aromatic heterocycles. The van der Waals surface area contributed by atoms with Crippen LogP contribution in [0.1, 0.15) is 17.2 Å². The van der Waals surface area contributed by atoms with Crippen LogP contribution in [-0.4, -0.2) is 39.7 Å². The van der Waals surface area contributed by atoms with Crippen LogP contribution in [0.5, 0.6) is 17.2 Å². The van der Waals surface area contributed by atoms with E-state index in [1.807, 2.05) is 36.4 Å². The van der Waals surface area contributed by atoms with E-state index < -0.39 is 5.91 Å². The van der Waals surface area contributed by atoms with Crippen molar-refractivity contribution in [2.75, 3.05) is 32.8 Å². The topological polar surface area (TPSA) is 91.1 Å². The molecule has 2 amide bonds. The summed E-state index contributed by atoms with van der Waals surface area (Å²) in [5.74, 6) is 0.816. The summed E-state index contributed by atoms with van der Waals surface area (Å²) in [6.07, 6.45) is 0.200. The zero-order chi connectivity index (χ0) is 20.3. The van der Waals surface area contributed by atoms with Gasteiger partial charge in [0.15, 0.2) is 11.5 Å². The summed E-state index contributed by atoms with van der Waals surface area (Å²) >= 11 is 1.55. The predicted molar refractivity (Wildman–Crippen MR) is 107 cm³/mol. The van der Waals surface area contributed by atoms with E-state index in [9.17, 15) is 9.59 Å². The molecule has 3 rings (SSSR count). The summed E-state index contributed by atoms with van der Waals surface area (Å²) in [7, 11) is 4.65. The first-order chi connectivity index (χ1) is 13.5. The number of benzene rings is 2. The number of primary amides is 1. The zero-order valence-corrected chi connectivity index (χ0v) is 16.7. The lowest BCUT2D eigenvalue weighted by atomic mass is 10.1. The van der Waals surface area contributed by atoms with Gasteiger partial charge in [-0.1, -0.05) is 12.1 Å². The Hall–Kier alpha value is -2.87. The van der Waals surface area contributed by atoms with Gasteiger partial charge in [0.05, 0.1) is 27.0 Å². The summed E-state index contributed by atoms with van der Waals surface area (Å²) in [4.78, 5) is 26.8. The van der Waals surface area contributed by atoms with Gasteiger partial charge >= 0.3 is 0 Å². The number of amides is 2. The minimum atomic E-state index is -0.556. The van der Waals surface area contributed by atoms with Gasteiger partial charge in [-0.15, -0.1) is 11.8 Å². The second-order valence-corrected chi connectivity index (χ2v) is 7.43. The number of nitrogens with two attached hydrogens (primary N) is 1. The number of ether oxygens (including phenoxy) is 3. The van der Waals surface area contributed by atoms with Crippen LogP contribution >= 0.6 is 11.8 Å². The fraction of sp³-hybridized carbons (Fsp3) is 0.300.